The Morgan fingerprint density at radius 3 is 2.27 bits per heavy atom. The summed E-state index contributed by atoms with van der Waals surface area (Å²) in [5.74, 6) is -1.60. The number of esters is 1. The highest BCUT2D eigenvalue weighted by molar-refractivity contribution is 7.98. The quantitative estimate of drug-likeness (QED) is 0.387. The van der Waals surface area contributed by atoms with E-state index in [4.69, 9.17) is 9.84 Å². The molecular formula is C23H27NO5S. The summed E-state index contributed by atoms with van der Waals surface area (Å²) in [7, 11) is 0. The third-order valence-electron chi connectivity index (χ3n) is 4.41. The number of carbonyl (C=O) groups excluding carboxylic acids is 2. The summed E-state index contributed by atoms with van der Waals surface area (Å²) in [4.78, 5) is 34.2. The number of carboxylic acid groups (broad SMARTS) is 1. The summed E-state index contributed by atoms with van der Waals surface area (Å²) in [5.41, 5.74) is 3.36. The zero-order valence-corrected chi connectivity index (χ0v) is 17.8. The average Bonchev–Trinajstić information content (AvgIpc) is 2.75. The lowest BCUT2D eigenvalue weighted by atomic mass is 10.0. The number of ether oxygens (including phenoxy) is 1. The maximum absolute atomic E-state index is 11.9. The van der Waals surface area contributed by atoms with E-state index in [-0.39, 0.29) is 36.4 Å². The van der Waals surface area contributed by atoms with Gasteiger partial charge in [-0.05, 0) is 48.4 Å². The molecule has 2 aromatic carbocycles. The standard InChI is InChI=1S/C23H27NO5S/c1-2-29-23(28)15-12-20(30-24-21(25)13-14-22(26)27)16-17-8-10-19(11-9-17)18-6-4-3-5-7-18/h3-11,20H,2,12-16H2,1H3,(H,24,25)(H,26,27)/t20-/m0/s1. The van der Waals surface area contributed by atoms with Crippen LogP contribution in [0.4, 0.5) is 0 Å². The van der Waals surface area contributed by atoms with Gasteiger partial charge in [0.15, 0.2) is 0 Å². The van der Waals surface area contributed by atoms with Gasteiger partial charge in [0.2, 0.25) is 5.91 Å². The van der Waals surface area contributed by atoms with Gasteiger partial charge in [0, 0.05) is 18.1 Å². The van der Waals surface area contributed by atoms with Gasteiger partial charge in [0.1, 0.15) is 0 Å². The maximum atomic E-state index is 11.9. The molecule has 0 aliphatic rings. The van der Waals surface area contributed by atoms with E-state index in [1.165, 1.54) is 11.9 Å². The van der Waals surface area contributed by atoms with Crippen LogP contribution in [0.3, 0.4) is 0 Å². The maximum Gasteiger partial charge on any atom is 0.305 e. The molecule has 0 aliphatic carbocycles. The minimum atomic E-state index is -1.01. The molecule has 1 amide bonds. The molecule has 30 heavy (non-hydrogen) atoms. The molecule has 0 fully saturated rings. The van der Waals surface area contributed by atoms with Crippen LogP contribution in [0.2, 0.25) is 0 Å². The van der Waals surface area contributed by atoms with Crippen LogP contribution in [0.1, 0.15) is 38.2 Å². The molecule has 7 heteroatoms. The molecule has 0 heterocycles. The van der Waals surface area contributed by atoms with Crippen molar-refractivity contribution < 1.29 is 24.2 Å². The van der Waals surface area contributed by atoms with Crippen LogP contribution in [0.15, 0.2) is 54.6 Å². The van der Waals surface area contributed by atoms with Gasteiger partial charge in [0.25, 0.3) is 0 Å². The van der Waals surface area contributed by atoms with Crippen molar-refractivity contribution in [3.63, 3.8) is 0 Å². The Bertz CT molecular complexity index is 823. The Labute approximate surface area is 181 Å². The fourth-order valence-corrected chi connectivity index (χ4v) is 3.77. The number of hydrogen-bond acceptors (Lipinski definition) is 5. The zero-order valence-electron chi connectivity index (χ0n) is 17.0. The predicted molar refractivity (Wildman–Crippen MR) is 118 cm³/mol. The van der Waals surface area contributed by atoms with Gasteiger partial charge in [-0.1, -0.05) is 54.6 Å². The van der Waals surface area contributed by atoms with Gasteiger partial charge in [-0.3, -0.25) is 19.1 Å². The molecule has 0 spiro atoms. The topological polar surface area (TPSA) is 92.7 Å². The first-order valence-corrected chi connectivity index (χ1v) is 10.8. The van der Waals surface area contributed by atoms with E-state index in [1.54, 1.807) is 6.92 Å². The van der Waals surface area contributed by atoms with Gasteiger partial charge >= 0.3 is 11.9 Å². The Morgan fingerprint density at radius 2 is 1.63 bits per heavy atom. The SMILES string of the molecule is CCOC(=O)CC[C@@H](Cc1ccc(-c2ccccc2)cc1)SNC(=O)CCC(=O)O. The Hall–Kier alpha value is -2.80. The third kappa shape index (κ3) is 8.69. The summed E-state index contributed by atoms with van der Waals surface area (Å²) < 4.78 is 7.71. The van der Waals surface area contributed by atoms with E-state index in [9.17, 15) is 14.4 Å². The smallest absolute Gasteiger partial charge is 0.305 e. The van der Waals surface area contributed by atoms with E-state index in [0.717, 1.165) is 16.7 Å². The molecule has 1 atom stereocenters. The minimum absolute atomic E-state index is 0.0363. The summed E-state index contributed by atoms with van der Waals surface area (Å²) >= 11 is 1.24. The molecule has 0 saturated carbocycles. The molecular weight excluding hydrogens is 402 g/mol. The third-order valence-corrected chi connectivity index (χ3v) is 5.49. The minimum Gasteiger partial charge on any atom is -0.481 e. The van der Waals surface area contributed by atoms with Gasteiger partial charge < -0.3 is 9.84 Å². The van der Waals surface area contributed by atoms with Crippen LogP contribution in [-0.2, 0) is 25.5 Å². The Morgan fingerprint density at radius 1 is 0.967 bits per heavy atom. The lowest BCUT2D eigenvalue weighted by Gasteiger charge is -2.17. The fraction of sp³-hybridized carbons (Fsp3) is 0.348. The van der Waals surface area contributed by atoms with Gasteiger partial charge in [-0.2, -0.15) is 0 Å². The second-order valence-corrected chi connectivity index (χ2v) is 7.88. The number of aliphatic carboxylic acids is 1. The Balaban J connectivity index is 1.97. The van der Waals surface area contributed by atoms with Crippen LogP contribution in [-0.4, -0.2) is 34.8 Å². The highest BCUT2D eigenvalue weighted by atomic mass is 32.2. The molecule has 0 aliphatic heterocycles. The number of amides is 1. The lowest BCUT2D eigenvalue weighted by Crippen LogP contribution is -2.22. The average molecular weight is 430 g/mol. The first-order valence-electron chi connectivity index (χ1n) is 9.94. The van der Waals surface area contributed by atoms with E-state index in [2.05, 4.69) is 29.0 Å². The highest BCUT2D eigenvalue weighted by Crippen LogP contribution is 2.23. The van der Waals surface area contributed by atoms with Crippen molar-refractivity contribution in [2.24, 2.45) is 0 Å². The molecule has 0 aromatic heterocycles. The second-order valence-electron chi connectivity index (χ2n) is 6.77. The van der Waals surface area contributed by atoms with Crippen molar-refractivity contribution in [2.75, 3.05) is 6.61 Å². The van der Waals surface area contributed by atoms with Crippen molar-refractivity contribution in [2.45, 2.75) is 44.3 Å². The molecule has 0 saturated heterocycles. The molecule has 2 N–H and O–H groups in total. The normalized spacial score (nSPS) is 11.5. The van der Waals surface area contributed by atoms with E-state index in [1.807, 2.05) is 30.3 Å². The van der Waals surface area contributed by atoms with Crippen LogP contribution >= 0.6 is 11.9 Å². The molecule has 160 valence electrons. The molecule has 2 rings (SSSR count). The Kier molecular flexibility index (Phi) is 9.94. The fourth-order valence-electron chi connectivity index (χ4n) is 2.86. The largest absolute Gasteiger partial charge is 0.481 e. The van der Waals surface area contributed by atoms with Crippen molar-refractivity contribution in [1.29, 1.82) is 0 Å². The van der Waals surface area contributed by atoms with Crippen LogP contribution < -0.4 is 4.72 Å². The summed E-state index contributed by atoms with van der Waals surface area (Å²) in [6.45, 7) is 2.10. The van der Waals surface area contributed by atoms with E-state index < -0.39 is 5.97 Å². The second kappa shape index (κ2) is 12.7. The monoisotopic (exact) mass is 429 g/mol. The van der Waals surface area contributed by atoms with Crippen molar-refractivity contribution in [1.82, 2.24) is 4.72 Å². The summed E-state index contributed by atoms with van der Waals surface area (Å²) in [6, 6.07) is 18.3. The zero-order chi connectivity index (χ0) is 21.8. The molecule has 0 unspecified atom stereocenters. The highest BCUT2D eigenvalue weighted by Gasteiger charge is 2.16. The molecule has 2 aromatic rings. The van der Waals surface area contributed by atoms with Crippen LogP contribution in [0, 0.1) is 0 Å². The predicted octanol–water partition coefficient (Wildman–Crippen LogP) is 4.24. The number of nitrogens with one attached hydrogen (secondary N) is 1. The summed E-state index contributed by atoms with van der Waals surface area (Å²) in [5, 5.41) is 8.66. The number of rotatable bonds is 12. The number of carboxylic acids is 1. The van der Waals surface area contributed by atoms with Crippen molar-refractivity contribution >= 4 is 29.8 Å². The van der Waals surface area contributed by atoms with Crippen LogP contribution in [0.25, 0.3) is 11.1 Å². The van der Waals surface area contributed by atoms with Gasteiger partial charge in [-0.25, -0.2) is 0 Å². The van der Waals surface area contributed by atoms with Crippen LogP contribution in [0.5, 0.6) is 0 Å². The van der Waals surface area contributed by atoms with E-state index >= 15 is 0 Å². The van der Waals surface area contributed by atoms with Gasteiger partial charge in [-0.15, -0.1) is 0 Å². The number of carbonyl (C=O) groups is 3. The molecule has 0 bridgehead atoms. The first-order chi connectivity index (χ1) is 14.5. The lowest BCUT2D eigenvalue weighted by molar-refractivity contribution is -0.143. The van der Waals surface area contributed by atoms with Crippen molar-refractivity contribution in [3.05, 3.63) is 60.2 Å². The van der Waals surface area contributed by atoms with Gasteiger partial charge in [0.05, 0.1) is 13.0 Å². The van der Waals surface area contributed by atoms with Crippen molar-refractivity contribution in [3.8, 4) is 11.1 Å². The first kappa shape index (κ1) is 23.5. The van der Waals surface area contributed by atoms with E-state index in [0.29, 0.717) is 19.4 Å². The molecule has 6 nitrogen and oxygen atoms in total. The summed E-state index contributed by atoms with van der Waals surface area (Å²) in [6.07, 6.45) is 1.19. The number of hydrogen-bond donors (Lipinski definition) is 2. The molecule has 0 radical (unpaired) electrons. The number of benzene rings is 2.